The lowest BCUT2D eigenvalue weighted by Gasteiger charge is -2.14. The molecule has 0 bridgehead atoms. The summed E-state index contributed by atoms with van der Waals surface area (Å²) in [6.07, 6.45) is 2.02. The number of rotatable bonds is 6. The van der Waals surface area contributed by atoms with Gasteiger partial charge in [0.15, 0.2) is 11.6 Å². The molecule has 0 saturated carbocycles. The van der Waals surface area contributed by atoms with E-state index < -0.39 is 0 Å². The van der Waals surface area contributed by atoms with Crippen molar-refractivity contribution in [2.45, 2.75) is 31.3 Å². The summed E-state index contributed by atoms with van der Waals surface area (Å²) in [5, 5.41) is 3.28. The normalized spacial score (nSPS) is 10.9. The Morgan fingerprint density at radius 1 is 1.14 bits per heavy atom. The van der Waals surface area contributed by atoms with Crippen LogP contribution in [0.1, 0.15) is 19.4 Å². The third-order valence-corrected chi connectivity index (χ3v) is 3.77. The van der Waals surface area contributed by atoms with Crippen molar-refractivity contribution in [1.29, 1.82) is 0 Å². The molecule has 0 fully saturated rings. The Morgan fingerprint density at radius 2 is 1.86 bits per heavy atom. The number of hydrogen-bond acceptors (Lipinski definition) is 3. The van der Waals surface area contributed by atoms with Crippen molar-refractivity contribution in [3.63, 3.8) is 0 Å². The number of ether oxygens (including phenoxy) is 1. The highest BCUT2D eigenvalue weighted by molar-refractivity contribution is 7.98. The maximum atomic E-state index is 14.0. The molecule has 0 aliphatic rings. The predicted molar refractivity (Wildman–Crippen MR) is 86.7 cm³/mol. The molecule has 2 rings (SSSR count). The topological polar surface area (TPSA) is 21.3 Å². The Hall–Kier alpha value is -1.52. The Labute approximate surface area is 129 Å². The van der Waals surface area contributed by atoms with Crippen LogP contribution in [0.5, 0.6) is 11.5 Å². The number of hydrogen-bond donors (Lipinski definition) is 1. The van der Waals surface area contributed by atoms with Crippen molar-refractivity contribution in [2.75, 3.05) is 6.26 Å². The Morgan fingerprint density at radius 3 is 2.48 bits per heavy atom. The fraction of sp³-hybridized carbons (Fsp3) is 0.294. The number of benzene rings is 2. The second kappa shape index (κ2) is 7.48. The minimum atomic E-state index is -0.341. The van der Waals surface area contributed by atoms with E-state index in [4.69, 9.17) is 4.74 Å². The molecule has 2 aromatic carbocycles. The van der Waals surface area contributed by atoms with Gasteiger partial charge in [-0.05, 0) is 36.6 Å². The first-order valence-electron chi connectivity index (χ1n) is 6.93. The third-order valence-electron chi connectivity index (χ3n) is 3.03. The van der Waals surface area contributed by atoms with Crippen LogP contribution < -0.4 is 10.1 Å². The minimum absolute atomic E-state index is 0.294. The molecule has 0 heterocycles. The van der Waals surface area contributed by atoms with E-state index in [2.05, 4.69) is 19.2 Å². The number of halogens is 1. The second-order valence-electron chi connectivity index (χ2n) is 5.04. The van der Waals surface area contributed by atoms with Crippen LogP contribution in [0.2, 0.25) is 0 Å². The molecule has 0 amide bonds. The van der Waals surface area contributed by atoms with E-state index in [-0.39, 0.29) is 5.82 Å². The van der Waals surface area contributed by atoms with Crippen LogP contribution >= 0.6 is 11.8 Å². The molecular formula is C17H20FNOS. The molecule has 0 atom stereocenters. The highest BCUT2D eigenvalue weighted by Crippen LogP contribution is 2.29. The Bertz CT molecular complexity index is 584. The zero-order valence-electron chi connectivity index (χ0n) is 12.5. The third kappa shape index (κ3) is 4.48. The molecule has 0 aliphatic carbocycles. The van der Waals surface area contributed by atoms with Gasteiger partial charge in [0.1, 0.15) is 5.75 Å². The van der Waals surface area contributed by atoms with Gasteiger partial charge in [-0.2, -0.15) is 0 Å². The standard InChI is InChI=1S/C17H20FNOS/c1-12(2)19-11-13-5-4-6-16(18)17(13)20-14-7-9-15(21-3)10-8-14/h4-10,12,19H,11H2,1-3H3. The average Bonchev–Trinajstić information content (AvgIpc) is 2.48. The molecule has 21 heavy (non-hydrogen) atoms. The summed E-state index contributed by atoms with van der Waals surface area (Å²) >= 11 is 1.66. The van der Waals surface area contributed by atoms with Crippen LogP contribution in [0, 0.1) is 5.82 Å². The van der Waals surface area contributed by atoms with Gasteiger partial charge in [-0.25, -0.2) is 4.39 Å². The van der Waals surface area contributed by atoms with Crippen molar-refractivity contribution >= 4 is 11.8 Å². The van der Waals surface area contributed by atoms with Gasteiger partial charge in [0.25, 0.3) is 0 Å². The van der Waals surface area contributed by atoms with E-state index in [0.717, 1.165) is 10.5 Å². The highest BCUT2D eigenvalue weighted by Gasteiger charge is 2.11. The Balaban J connectivity index is 2.20. The summed E-state index contributed by atoms with van der Waals surface area (Å²) in [5.74, 6) is 0.596. The number of thioether (sulfide) groups is 1. The number of nitrogens with one attached hydrogen (secondary N) is 1. The summed E-state index contributed by atoms with van der Waals surface area (Å²) in [6, 6.07) is 13.0. The summed E-state index contributed by atoms with van der Waals surface area (Å²) in [6.45, 7) is 4.69. The van der Waals surface area contributed by atoms with E-state index in [1.807, 2.05) is 36.6 Å². The zero-order valence-corrected chi connectivity index (χ0v) is 13.3. The number of para-hydroxylation sites is 1. The minimum Gasteiger partial charge on any atom is -0.454 e. The molecule has 1 N–H and O–H groups in total. The largest absolute Gasteiger partial charge is 0.454 e. The SMILES string of the molecule is CSc1ccc(Oc2c(F)cccc2CNC(C)C)cc1. The summed E-state index contributed by atoms with van der Waals surface area (Å²) in [7, 11) is 0. The molecule has 0 radical (unpaired) electrons. The smallest absolute Gasteiger partial charge is 0.167 e. The van der Waals surface area contributed by atoms with Crippen molar-refractivity contribution in [1.82, 2.24) is 5.32 Å². The van der Waals surface area contributed by atoms with E-state index >= 15 is 0 Å². The summed E-state index contributed by atoms with van der Waals surface area (Å²) in [5.41, 5.74) is 0.817. The van der Waals surface area contributed by atoms with Crippen LogP contribution in [0.4, 0.5) is 4.39 Å². The van der Waals surface area contributed by atoms with Gasteiger partial charge in [0, 0.05) is 23.0 Å². The van der Waals surface area contributed by atoms with E-state index in [1.165, 1.54) is 6.07 Å². The van der Waals surface area contributed by atoms with E-state index in [1.54, 1.807) is 17.8 Å². The van der Waals surface area contributed by atoms with Crippen molar-refractivity contribution in [2.24, 2.45) is 0 Å². The monoisotopic (exact) mass is 305 g/mol. The fourth-order valence-corrected chi connectivity index (χ4v) is 2.29. The van der Waals surface area contributed by atoms with Gasteiger partial charge in [0.05, 0.1) is 0 Å². The molecule has 0 spiro atoms. The van der Waals surface area contributed by atoms with Crippen molar-refractivity contribution < 1.29 is 9.13 Å². The average molecular weight is 305 g/mol. The molecule has 112 valence electrons. The molecule has 0 aliphatic heterocycles. The van der Waals surface area contributed by atoms with Crippen LogP contribution in [-0.2, 0) is 6.54 Å². The zero-order chi connectivity index (χ0) is 15.2. The van der Waals surface area contributed by atoms with E-state index in [0.29, 0.717) is 24.1 Å². The van der Waals surface area contributed by atoms with Crippen LogP contribution in [-0.4, -0.2) is 12.3 Å². The lowest BCUT2D eigenvalue weighted by Crippen LogP contribution is -2.22. The van der Waals surface area contributed by atoms with E-state index in [9.17, 15) is 4.39 Å². The van der Waals surface area contributed by atoms with Crippen LogP contribution in [0.25, 0.3) is 0 Å². The van der Waals surface area contributed by atoms with Gasteiger partial charge in [0.2, 0.25) is 0 Å². The maximum Gasteiger partial charge on any atom is 0.167 e. The fourth-order valence-electron chi connectivity index (χ4n) is 1.88. The molecule has 0 saturated heterocycles. The molecule has 4 heteroatoms. The summed E-state index contributed by atoms with van der Waals surface area (Å²) < 4.78 is 19.8. The van der Waals surface area contributed by atoms with Crippen LogP contribution in [0.3, 0.4) is 0 Å². The lowest BCUT2D eigenvalue weighted by atomic mass is 10.2. The van der Waals surface area contributed by atoms with Crippen molar-refractivity contribution in [3.05, 3.63) is 53.8 Å². The van der Waals surface area contributed by atoms with Gasteiger partial charge >= 0.3 is 0 Å². The molecule has 0 unspecified atom stereocenters. The van der Waals surface area contributed by atoms with Crippen molar-refractivity contribution in [3.8, 4) is 11.5 Å². The van der Waals surface area contributed by atoms with Crippen LogP contribution in [0.15, 0.2) is 47.4 Å². The highest BCUT2D eigenvalue weighted by atomic mass is 32.2. The first kappa shape index (κ1) is 15.9. The van der Waals surface area contributed by atoms with Gasteiger partial charge in [-0.3, -0.25) is 0 Å². The molecule has 2 aromatic rings. The van der Waals surface area contributed by atoms with Gasteiger partial charge in [-0.15, -0.1) is 11.8 Å². The maximum absolute atomic E-state index is 14.0. The first-order chi connectivity index (χ1) is 10.1. The quantitative estimate of drug-likeness (QED) is 0.772. The predicted octanol–water partition coefficient (Wildman–Crippen LogP) is 4.84. The second-order valence-corrected chi connectivity index (χ2v) is 5.92. The lowest BCUT2D eigenvalue weighted by molar-refractivity contribution is 0.431. The summed E-state index contributed by atoms with van der Waals surface area (Å²) in [4.78, 5) is 1.15. The molecular weight excluding hydrogens is 285 g/mol. The van der Waals surface area contributed by atoms with Gasteiger partial charge < -0.3 is 10.1 Å². The first-order valence-corrected chi connectivity index (χ1v) is 8.15. The van der Waals surface area contributed by atoms with Gasteiger partial charge in [-0.1, -0.05) is 26.0 Å². The Kier molecular flexibility index (Phi) is 5.65. The molecule has 2 nitrogen and oxygen atoms in total. The molecule has 0 aromatic heterocycles.